The average molecular weight is 2190 g/mol. The molecule has 0 saturated heterocycles. The molecule has 0 aromatic carbocycles. The highest BCUT2D eigenvalue weighted by Crippen LogP contribution is 2.24. The summed E-state index contributed by atoms with van der Waals surface area (Å²) in [6.07, 6.45) is -6.02. The summed E-state index contributed by atoms with van der Waals surface area (Å²) in [4.78, 5) is 299. The number of hydrogen-bond donors (Lipinski definition) is 10. The minimum absolute atomic E-state index is 0.0249. The van der Waals surface area contributed by atoms with E-state index >= 15 is 0 Å². The maximum absolute atomic E-state index is 12.6. The highest BCUT2D eigenvalue weighted by molar-refractivity contribution is 8.82. The highest BCUT2D eigenvalue weighted by atomic mass is 33.1. The predicted molar refractivity (Wildman–Crippen MR) is 525 cm³/mol. The third-order valence-corrected chi connectivity index (χ3v) is 22.9. The molecule has 5 rings (SSSR count). The van der Waals surface area contributed by atoms with Crippen LogP contribution in [0, 0.1) is 0 Å². The molecule has 63 heteroatoms. The van der Waals surface area contributed by atoms with E-state index in [-0.39, 0.29) is 121 Å². The lowest BCUT2D eigenvalue weighted by molar-refractivity contribution is -0.151. The Hall–Kier alpha value is -13.6. The lowest BCUT2D eigenvalue weighted by Crippen LogP contribution is -2.56. The number of allylic oxidation sites excluding steroid dienone is 3. The van der Waals surface area contributed by atoms with Crippen LogP contribution >= 0.6 is 33.3 Å². The van der Waals surface area contributed by atoms with Crippen LogP contribution in [0.15, 0.2) is 122 Å². The van der Waals surface area contributed by atoms with E-state index in [4.69, 9.17) is 23.7 Å². The third kappa shape index (κ3) is 45.1. The molecule has 0 spiro atoms. The van der Waals surface area contributed by atoms with Crippen molar-refractivity contribution in [3.8, 4) is 0 Å². The molecule has 5 aromatic heterocycles. The van der Waals surface area contributed by atoms with E-state index in [0.29, 0.717) is 67.6 Å². The molecule has 10 unspecified atom stereocenters. The Balaban J connectivity index is 0.000000932. The van der Waals surface area contributed by atoms with Gasteiger partial charge in [0.25, 0.3) is 0 Å². The molecular formula is C86H129N15O45S3. The minimum atomic E-state index is -1.47. The maximum atomic E-state index is 12.6. The van der Waals surface area contributed by atoms with Gasteiger partial charge < -0.3 is 98.4 Å². The fourth-order valence-electron chi connectivity index (χ4n) is 11.6. The first-order valence-corrected chi connectivity index (χ1v) is 48.7. The van der Waals surface area contributed by atoms with Crippen LogP contribution < -0.4 is 85.3 Å². The molecule has 60 nitrogen and oxygen atoms in total. The van der Waals surface area contributed by atoms with E-state index in [9.17, 15) is 171 Å². The number of ether oxygens (including phenoxy) is 10. The monoisotopic (exact) mass is 2190 g/mol. The molecule has 0 bridgehead atoms. The molecule has 0 radical (unpaired) electrons. The van der Waals surface area contributed by atoms with Gasteiger partial charge in [-0.25, -0.2) is 155 Å². The molecule has 0 aliphatic heterocycles. The number of aliphatic hydroxyl groups is 10. The summed E-state index contributed by atoms with van der Waals surface area (Å²) in [6.45, 7) is 11.2. The van der Waals surface area contributed by atoms with E-state index in [0.717, 1.165) is 73.4 Å². The van der Waals surface area contributed by atoms with Crippen molar-refractivity contribution in [3.05, 3.63) is 207 Å². The van der Waals surface area contributed by atoms with Gasteiger partial charge in [0, 0.05) is 42.8 Å². The molecule has 5 heterocycles. The van der Waals surface area contributed by atoms with Gasteiger partial charge in [0.2, 0.25) is 0 Å². The minimum Gasteiger partial charge on any atom is -0.469 e. The highest BCUT2D eigenvalue weighted by Gasteiger charge is 2.28. The summed E-state index contributed by atoms with van der Waals surface area (Å²) in [7, 11) is 10.2. The first kappa shape index (κ1) is 133. The Morgan fingerprint density at radius 2 is 0.483 bits per heavy atom. The molecule has 5 aromatic rings. The van der Waals surface area contributed by atoms with Crippen LogP contribution in [-0.4, -0.2) is 325 Å². The predicted octanol–water partition coefficient (Wildman–Crippen LogP) is -10.1. The zero-order valence-corrected chi connectivity index (χ0v) is 86.3. The van der Waals surface area contributed by atoms with Gasteiger partial charge in [-0.1, -0.05) is 63.6 Å². The second-order valence-electron chi connectivity index (χ2n) is 31.3. The number of carbonyl (C=O) groups is 10. The van der Waals surface area contributed by atoms with Gasteiger partial charge in [-0.05, 0) is 32.1 Å². The van der Waals surface area contributed by atoms with Crippen molar-refractivity contribution in [3.63, 3.8) is 0 Å². The van der Waals surface area contributed by atoms with Crippen molar-refractivity contribution in [2.24, 2.45) is 14.1 Å². The van der Waals surface area contributed by atoms with Crippen molar-refractivity contribution in [2.45, 2.75) is 245 Å². The Kier molecular flexibility index (Phi) is 62.3. The molecule has 10 N–H and O–H groups in total. The van der Waals surface area contributed by atoms with Crippen LogP contribution in [0.1, 0.15) is 98.8 Å². The first-order valence-electron chi connectivity index (χ1n) is 45.2. The molecule has 0 aliphatic rings. The Bertz CT molecular complexity index is 6380. The fourth-order valence-corrected chi connectivity index (χ4v) is 13.7. The molecular weight excluding hydrogens is 2060 g/mol. The first-order chi connectivity index (χ1) is 70.2. The number of carbonyl (C=O) groups excluding carboxylic acids is 10. The zero-order chi connectivity index (χ0) is 114. The smallest absolute Gasteiger partial charge is 0.377 e. The van der Waals surface area contributed by atoms with Crippen LogP contribution in [0.2, 0.25) is 0 Å². The van der Waals surface area contributed by atoms with Crippen molar-refractivity contribution in [1.82, 2.24) is 68.5 Å². The van der Waals surface area contributed by atoms with Gasteiger partial charge in [-0.2, -0.15) is 0 Å². The number of methoxy groups -OCH3 is 5. The fraction of sp³-hybridized carbons (Fsp3) is 0.616. The Morgan fingerprint density at radius 1 is 0.268 bits per heavy atom. The Labute approximate surface area is 855 Å². The number of nitrogens with zero attached hydrogens (tertiary/aromatic N) is 15. The second kappa shape index (κ2) is 69.5. The van der Waals surface area contributed by atoms with Crippen LogP contribution in [0.25, 0.3) is 0 Å². The molecule has 10 atom stereocenters. The van der Waals surface area contributed by atoms with Crippen molar-refractivity contribution < 1.29 is 146 Å². The van der Waals surface area contributed by atoms with E-state index < -0.39 is 271 Å². The summed E-state index contributed by atoms with van der Waals surface area (Å²) >= 11 is 0.963. The van der Waals surface area contributed by atoms with E-state index in [1.807, 2.05) is 0 Å². The summed E-state index contributed by atoms with van der Waals surface area (Å²) < 4.78 is 56.3. The van der Waals surface area contributed by atoms with E-state index in [1.54, 1.807) is 34.6 Å². The van der Waals surface area contributed by atoms with Crippen molar-refractivity contribution in [1.29, 1.82) is 0 Å². The van der Waals surface area contributed by atoms with Gasteiger partial charge in [0.1, 0.15) is 63.6 Å². The summed E-state index contributed by atoms with van der Waals surface area (Å²) in [5, 5.41) is 98.8. The number of aliphatic hydroxyl groups excluding tert-OH is 10. The van der Waals surface area contributed by atoms with Crippen LogP contribution in [0.4, 0.5) is 4.79 Å². The molecule has 0 aliphatic carbocycles. The van der Waals surface area contributed by atoms with Crippen LogP contribution in [-0.2, 0) is 190 Å². The van der Waals surface area contributed by atoms with Crippen molar-refractivity contribution in [2.75, 3.05) is 85.8 Å². The van der Waals surface area contributed by atoms with Gasteiger partial charge in [-0.15, -0.1) is 31.5 Å². The van der Waals surface area contributed by atoms with Gasteiger partial charge in [-0.3, -0.25) is 33.6 Å². The molecule has 836 valence electrons. The van der Waals surface area contributed by atoms with Crippen LogP contribution in [0.5, 0.6) is 0 Å². The number of rotatable bonds is 57. The molecule has 0 saturated carbocycles. The normalized spacial score (nSPS) is 12.9. The third-order valence-electron chi connectivity index (χ3n) is 20.0. The topological polar surface area (TPSA) is 795 Å². The second-order valence-corrected chi connectivity index (χ2v) is 34.6. The largest absolute Gasteiger partial charge is 0.469 e. The maximum Gasteiger partial charge on any atom is 0.377 e. The number of esters is 9. The van der Waals surface area contributed by atoms with Crippen LogP contribution in [0.3, 0.4) is 0 Å². The Morgan fingerprint density at radius 3 is 0.725 bits per heavy atom. The lowest BCUT2D eigenvalue weighted by Gasteiger charge is -2.17. The van der Waals surface area contributed by atoms with Gasteiger partial charge >= 0.3 is 144 Å². The SMILES string of the molecule is C=CCn1c(=O)n(CC(O)CC)c(=O)n(CC(O)COC(=O)/C=C/C(=O)OC)c1=O.C=CCn1c(=O)n(CC(O)CC)c(=O)n(CC(O)COC(=O)CCC(=O)OC)c1=O.C=CCn1c(=O)n(CC(O)CC)c(=O)n(CC(O)COC(=O)CSCC(=O)OC)c1=O.CCC(O)Cn1c(=O)n(C)c(=O)n(CC(O)COC(=O)CCC(=O)OC)c1=O.CCC(O)Cn1c(=O)n(C)c(=O)n(CC(O)COC(=O)CCSSC(=O)OC)c1=O. The number of aromatic nitrogens is 15. The summed E-state index contributed by atoms with van der Waals surface area (Å²) in [6, 6.07) is 0. The van der Waals surface area contributed by atoms with Gasteiger partial charge in [0.05, 0.1) is 195 Å². The summed E-state index contributed by atoms with van der Waals surface area (Å²) in [5.74, 6) is -6.23. The standard InChI is InChI=1S/C18H27N3O9S.C18H27N3O9.C18H25N3O9.C16H25N3O9S2.C16H25N3O9/c1-4-6-19-16(26)20(7-12(22)5-2)18(28)21(17(19)27)8-13(23)9-30-15(25)11-31-10-14(24)29-3;2*1-4-8-19-16(26)20(9-12(22)5-2)18(28)21(17(19)27)10-13(23)11-30-15(25)7-6-14(24)29-3;1-4-10(20)7-18-13(23)17(2)14(24)19(15(18)25)8-11(21)9-28-12(22)5-6-29-30-16(26)27-3;1-4-10(20)7-18-14(24)17(2)15(25)19(16(18)26)8-11(21)9-28-13(23)6-5-12(22)27-3/h4,12-13,22-23H,1,5-11H2,2-3H3;4,12-13,22-23H,1,5-11H2,2-3H3;4,6-7,12-13,22-23H,1,5,8-11H2,2-3H3;10-11,20-21H,4-9H2,1-3H3;10-11,20-21H,4-9H2,1-3H3/b;;7-6+;;. The van der Waals surface area contributed by atoms with Gasteiger partial charge in [0.15, 0.2) is 0 Å². The van der Waals surface area contributed by atoms with Crippen molar-refractivity contribution >= 4 is 92.4 Å². The van der Waals surface area contributed by atoms with E-state index in [2.05, 4.69) is 43.4 Å². The number of hydrogen-bond acceptors (Lipinski definition) is 48. The zero-order valence-electron chi connectivity index (χ0n) is 83.9. The number of thioether (sulfide) groups is 1. The lowest BCUT2D eigenvalue weighted by atomic mass is 10.3. The molecule has 0 fully saturated rings. The molecule has 0 amide bonds. The quantitative estimate of drug-likeness (QED) is 0.00431. The molecule has 149 heavy (non-hydrogen) atoms. The summed E-state index contributed by atoms with van der Waals surface area (Å²) in [5.41, 5.74) is -14.3. The average Bonchev–Trinajstić information content (AvgIpc) is 0.793. The van der Waals surface area contributed by atoms with E-state index in [1.165, 1.54) is 53.7 Å².